The maximum absolute atomic E-state index is 5.88. The summed E-state index contributed by atoms with van der Waals surface area (Å²) in [5.74, 6) is 0. The number of nitrogens with one attached hydrogen (secondary N) is 1. The van der Waals surface area contributed by atoms with Gasteiger partial charge >= 0.3 is 0 Å². The number of rotatable bonds is 2. The normalized spacial score (nSPS) is 21.3. The van der Waals surface area contributed by atoms with Crippen LogP contribution in [0.1, 0.15) is 12.8 Å². The number of benzene rings is 1. The zero-order chi connectivity index (χ0) is 10.7. The maximum Gasteiger partial charge on any atom is 0.0667 e. The van der Waals surface area contributed by atoms with Gasteiger partial charge in [-0.1, -0.05) is 11.6 Å². The first-order valence-corrected chi connectivity index (χ1v) is 6.22. The molecule has 1 unspecified atom stereocenters. The predicted octanol–water partition coefficient (Wildman–Crippen LogP) is 3.69. The van der Waals surface area contributed by atoms with Crippen LogP contribution in [0, 0.1) is 0 Å². The van der Waals surface area contributed by atoms with E-state index in [0.717, 1.165) is 41.2 Å². The lowest BCUT2D eigenvalue weighted by Gasteiger charge is -2.24. The minimum absolute atomic E-state index is 0.413. The number of halogens is 2. The summed E-state index contributed by atoms with van der Waals surface area (Å²) < 4.78 is 6.41. The Kier molecular flexibility index (Phi) is 3.89. The van der Waals surface area contributed by atoms with Gasteiger partial charge in [0, 0.05) is 27.8 Å². The standard InChI is InChI=1S/C11H13BrClNO/c12-10-6-8(13)3-4-11(10)14-9-2-1-5-15-7-9/h3-4,6,9,14H,1-2,5,7H2. The average molecular weight is 291 g/mol. The molecule has 1 aromatic rings. The maximum atomic E-state index is 5.88. The van der Waals surface area contributed by atoms with E-state index in [9.17, 15) is 0 Å². The molecule has 2 nitrogen and oxygen atoms in total. The number of ether oxygens (including phenoxy) is 1. The van der Waals surface area contributed by atoms with Crippen molar-refractivity contribution in [3.63, 3.8) is 0 Å². The molecule has 0 spiro atoms. The Labute approximate surface area is 103 Å². The van der Waals surface area contributed by atoms with E-state index in [1.807, 2.05) is 18.2 Å². The second-order valence-electron chi connectivity index (χ2n) is 3.68. The molecule has 1 aliphatic heterocycles. The molecule has 0 aliphatic carbocycles. The van der Waals surface area contributed by atoms with Gasteiger partial charge in [-0.15, -0.1) is 0 Å². The summed E-state index contributed by atoms with van der Waals surface area (Å²) in [5.41, 5.74) is 1.08. The van der Waals surface area contributed by atoms with Crippen molar-refractivity contribution in [1.29, 1.82) is 0 Å². The number of hydrogen-bond donors (Lipinski definition) is 1. The molecular weight excluding hydrogens is 277 g/mol. The molecule has 82 valence electrons. The predicted molar refractivity (Wildman–Crippen MR) is 66.6 cm³/mol. The van der Waals surface area contributed by atoms with Crippen LogP contribution in [0.5, 0.6) is 0 Å². The first kappa shape index (κ1) is 11.2. The van der Waals surface area contributed by atoms with E-state index in [0.29, 0.717) is 6.04 Å². The highest BCUT2D eigenvalue weighted by molar-refractivity contribution is 9.10. The van der Waals surface area contributed by atoms with Crippen molar-refractivity contribution >= 4 is 33.2 Å². The molecule has 2 rings (SSSR count). The lowest BCUT2D eigenvalue weighted by Crippen LogP contribution is -2.30. The molecule has 1 aromatic carbocycles. The van der Waals surface area contributed by atoms with E-state index < -0.39 is 0 Å². The molecule has 1 fully saturated rings. The highest BCUT2D eigenvalue weighted by Crippen LogP contribution is 2.27. The number of anilines is 1. The van der Waals surface area contributed by atoms with E-state index in [4.69, 9.17) is 16.3 Å². The van der Waals surface area contributed by atoms with Crippen molar-refractivity contribution in [2.24, 2.45) is 0 Å². The van der Waals surface area contributed by atoms with Gasteiger partial charge in [0.15, 0.2) is 0 Å². The van der Waals surface area contributed by atoms with Gasteiger partial charge in [0.25, 0.3) is 0 Å². The summed E-state index contributed by atoms with van der Waals surface area (Å²) >= 11 is 9.36. The highest BCUT2D eigenvalue weighted by atomic mass is 79.9. The minimum atomic E-state index is 0.413. The van der Waals surface area contributed by atoms with Crippen LogP contribution in [0.15, 0.2) is 22.7 Å². The van der Waals surface area contributed by atoms with Crippen molar-refractivity contribution in [3.8, 4) is 0 Å². The van der Waals surface area contributed by atoms with Crippen LogP contribution in [0.3, 0.4) is 0 Å². The summed E-state index contributed by atoms with van der Waals surface area (Å²) in [6, 6.07) is 6.18. The summed E-state index contributed by atoms with van der Waals surface area (Å²) in [7, 11) is 0. The van der Waals surface area contributed by atoms with Crippen molar-refractivity contribution in [2.45, 2.75) is 18.9 Å². The van der Waals surface area contributed by atoms with Crippen molar-refractivity contribution < 1.29 is 4.74 Å². The average Bonchev–Trinajstić information content (AvgIpc) is 2.24. The van der Waals surface area contributed by atoms with Crippen molar-refractivity contribution in [1.82, 2.24) is 0 Å². The Bertz CT molecular complexity index is 339. The molecule has 0 amide bonds. The fourth-order valence-corrected chi connectivity index (χ4v) is 2.48. The summed E-state index contributed by atoms with van der Waals surface area (Å²) in [4.78, 5) is 0. The van der Waals surface area contributed by atoms with Gasteiger partial charge in [0.2, 0.25) is 0 Å². The first-order chi connectivity index (χ1) is 7.25. The Morgan fingerprint density at radius 2 is 2.33 bits per heavy atom. The lowest BCUT2D eigenvalue weighted by molar-refractivity contribution is 0.0876. The van der Waals surface area contributed by atoms with Gasteiger partial charge in [-0.25, -0.2) is 0 Å². The third kappa shape index (κ3) is 3.10. The molecule has 0 aromatic heterocycles. The minimum Gasteiger partial charge on any atom is -0.379 e. The van der Waals surface area contributed by atoms with Gasteiger partial charge in [-0.05, 0) is 47.0 Å². The summed E-state index contributed by atoms with van der Waals surface area (Å²) in [6.07, 6.45) is 2.29. The molecule has 1 saturated heterocycles. The van der Waals surface area contributed by atoms with E-state index >= 15 is 0 Å². The molecule has 1 atom stereocenters. The van der Waals surface area contributed by atoms with Crippen LogP contribution in [-0.2, 0) is 4.74 Å². The zero-order valence-electron chi connectivity index (χ0n) is 8.30. The van der Waals surface area contributed by atoms with Crippen LogP contribution >= 0.6 is 27.5 Å². The largest absolute Gasteiger partial charge is 0.379 e. The SMILES string of the molecule is Clc1ccc(NC2CCCOC2)c(Br)c1. The monoisotopic (exact) mass is 289 g/mol. The molecule has 0 radical (unpaired) electrons. The van der Waals surface area contributed by atoms with Crippen LogP contribution in [-0.4, -0.2) is 19.3 Å². The molecular formula is C11H13BrClNO. The van der Waals surface area contributed by atoms with Crippen molar-refractivity contribution in [2.75, 3.05) is 18.5 Å². The smallest absolute Gasteiger partial charge is 0.0667 e. The Morgan fingerprint density at radius 3 is 3.00 bits per heavy atom. The number of hydrogen-bond acceptors (Lipinski definition) is 2. The first-order valence-electron chi connectivity index (χ1n) is 5.05. The fourth-order valence-electron chi connectivity index (χ4n) is 1.68. The van der Waals surface area contributed by atoms with E-state index in [1.54, 1.807) is 0 Å². The summed E-state index contributed by atoms with van der Waals surface area (Å²) in [6.45, 7) is 1.68. The van der Waals surface area contributed by atoms with Gasteiger partial charge < -0.3 is 10.1 Å². The van der Waals surface area contributed by atoms with Crippen LogP contribution < -0.4 is 5.32 Å². The third-order valence-corrected chi connectivity index (χ3v) is 3.34. The third-order valence-electron chi connectivity index (χ3n) is 2.45. The van der Waals surface area contributed by atoms with E-state index in [1.165, 1.54) is 0 Å². The molecule has 1 aliphatic rings. The fraction of sp³-hybridized carbons (Fsp3) is 0.455. The van der Waals surface area contributed by atoms with Crippen LogP contribution in [0.2, 0.25) is 5.02 Å². The molecule has 4 heteroatoms. The van der Waals surface area contributed by atoms with Gasteiger partial charge in [0.05, 0.1) is 6.61 Å². The van der Waals surface area contributed by atoms with Gasteiger partial charge in [-0.2, -0.15) is 0 Å². The quantitative estimate of drug-likeness (QED) is 0.897. The molecule has 0 bridgehead atoms. The Morgan fingerprint density at radius 1 is 1.47 bits per heavy atom. The van der Waals surface area contributed by atoms with Crippen LogP contribution in [0.4, 0.5) is 5.69 Å². The summed E-state index contributed by atoms with van der Waals surface area (Å²) in [5, 5.41) is 4.19. The second kappa shape index (κ2) is 5.19. The van der Waals surface area contributed by atoms with Gasteiger partial charge in [-0.3, -0.25) is 0 Å². The molecule has 15 heavy (non-hydrogen) atoms. The second-order valence-corrected chi connectivity index (χ2v) is 4.97. The highest BCUT2D eigenvalue weighted by Gasteiger charge is 2.14. The zero-order valence-corrected chi connectivity index (χ0v) is 10.6. The Hall–Kier alpha value is -0.250. The Balaban J connectivity index is 2.03. The van der Waals surface area contributed by atoms with Crippen molar-refractivity contribution in [3.05, 3.63) is 27.7 Å². The molecule has 1 heterocycles. The van der Waals surface area contributed by atoms with Gasteiger partial charge in [0.1, 0.15) is 0 Å². The topological polar surface area (TPSA) is 21.3 Å². The van der Waals surface area contributed by atoms with E-state index in [2.05, 4.69) is 21.2 Å². The molecule has 0 saturated carbocycles. The van der Waals surface area contributed by atoms with Crippen LogP contribution in [0.25, 0.3) is 0 Å². The van der Waals surface area contributed by atoms with E-state index in [-0.39, 0.29) is 0 Å². The lowest BCUT2D eigenvalue weighted by atomic mass is 10.1. The molecule has 1 N–H and O–H groups in total.